The molecule has 0 fully saturated rings. The van der Waals surface area contributed by atoms with Gasteiger partial charge < -0.3 is 0 Å². The monoisotopic (exact) mass is 244 g/mol. The van der Waals surface area contributed by atoms with Gasteiger partial charge in [-0.15, -0.1) is 0 Å². The Labute approximate surface area is 78.5 Å². The number of furan rings is 2. The van der Waals surface area contributed by atoms with Crippen LogP contribution in [-0.2, 0) is 0 Å². The standard InChI is InChI=1S/C8H6AsClO2/c10-9(7-3-1-5-11-7)8-4-2-6-12-8/h1-6H. The summed E-state index contributed by atoms with van der Waals surface area (Å²) in [6.45, 7) is 0. The third-order valence-electron chi connectivity index (χ3n) is 1.40. The maximum absolute atomic E-state index is 6.17. The first-order valence-electron chi connectivity index (χ1n) is 3.41. The summed E-state index contributed by atoms with van der Waals surface area (Å²) in [7, 11) is 6.17. The van der Waals surface area contributed by atoms with Gasteiger partial charge in [0, 0.05) is 0 Å². The van der Waals surface area contributed by atoms with Crippen molar-refractivity contribution in [3.63, 3.8) is 0 Å². The van der Waals surface area contributed by atoms with E-state index in [9.17, 15) is 0 Å². The molecule has 0 atom stereocenters. The minimum atomic E-state index is -1.75. The van der Waals surface area contributed by atoms with Gasteiger partial charge in [-0.1, -0.05) is 0 Å². The Kier molecular flexibility index (Phi) is 2.29. The van der Waals surface area contributed by atoms with Gasteiger partial charge in [-0.25, -0.2) is 0 Å². The van der Waals surface area contributed by atoms with Crippen molar-refractivity contribution in [3.8, 4) is 0 Å². The van der Waals surface area contributed by atoms with Gasteiger partial charge in [0.15, 0.2) is 0 Å². The van der Waals surface area contributed by atoms with Crippen molar-refractivity contribution in [2.24, 2.45) is 0 Å². The van der Waals surface area contributed by atoms with Gasteiger partial charge in [0.2, 0.25) is 0 Å². The minimum absolute atomic E-state index is 0.846. The second-order valence-electron chi connectivity index (χ2n) is 2.18. The van der Waals surface area contributed by atoms with Crippen LogP contribution in [0.15, 0.2) is 45.6 Å². The molecule has 2 nitrogen and oxygen atoms in total. The summed E-state index contributed by atoms with van der Waals surface area (Å²) in [5.74, 6) is 0. The summed E-state index contributed by atoms with van der Waals surface area (Å²) >= 11 is -1.75. The van der Waals surface area contributed by atoms with E-state index < -0.39 is 13.7 Å². The van der Waals surface area contributed by atoms with E-state index in [4.69, 9.17) is 18.8 Å². The molecule has 0 N–H and O–H groups in total. The number of hydrogen-bond acceptors (Lipinski definition) is 2. The third kappa shape index (κ3) is 1.45. The molecular formula is C8H6AsClO2. The van der Waals surface area contributed by atoms with Crippen molar-refractivity contribution in [1.82, 2.24) is 0 Å². The van der Waals surface area contributed by atoms with E-state index >= 15 is 0 Å². The van der Waals surface area contributed by atoms with Gasteiger partial charge in [-0.3, -0.25) is 0 Å². The number of rotatable bonds is 2. The Morgan fingerprint density at radius 3 is 1.83 bits per heavy atom. The first-order valence-corrected chi connectivity index (χ1v) is 7.75. The molecule has 2 heterocycles. The van der Waals surface area contributed by atoms with Gasteiger partial charge in [0.1, 0.15) is 0 Å². The van der Waals surface area contributed by atoms with Crippen molar-refractivity contribution in [2.45, 2.75) is 0 Å². The average molecular weight is 245 g/mol. The van der Waals surface area contributed by atoms with Crippen molar-refractivity contribution < 1.29 is 8.83 Å². The zero-order chi connectivity index (χ0) is 8.39. The van der Waals surface area contributed by atoms with E-state index in [1.807, 2.05) is 24.3 Å². The van der Waals surface area contributed by atoms with Gasteiger partial charge in [-0.05, 0) is 0 Å². The molecule has 0 aliphatic heterocycles. The average Bonchev–Trinajstić information content (AvgIpc) is 2.77. The van der Waals surface area contributed by atoms with Crippen molar-refractivity contribution >= 4 is 32.8 Å². The van der Waals surface area contributed by atoms with Crippen LogP contribution in [0, 0.1) is 0 Å². The zero-order valence-corrected chi connectivity index (χ0v) is 8.74. The molecule has 0 aromatic carbocycles. The van der Waals surface area contributed by atoms with Crippen LogP contribution in [0.1, 0.15) is 0 Å². The molecule has 0 amide bonds. The van der Waals surface area contributed by atoms with E-state index in [1.165, 1.54) is 0 Å². The fourth-order valence-corrected chi connectivity index (χ4v) is 3.88. The van der Waals surface area contributed by atoms with Crippen LogP contribution >= 0.6 is 9.95 Å². The van der Waals surface area contributed by atoms with Crippen molar-refractivity contribution in [2.75, 3.05) is 0 Å². The van der Waals surface area contributed by atoms with Gasteiger partial charge in [0.25, 0.3) is 0 Å². The summed E-state index contributed by atoms with van der Waals surface area (Å²) in [4.78, 5) is 0. The van der Waals surface area contributed by atoms with Crippen molar-refractivity contribution in [3.05, 3.63) is 36.8 Å². The normalized spacial score (nSPS) is 10.8. The molecule has 62 valence electrons. The quantitative estimate of drug-likeness (QED) is 0.743. The Morgan fingerprint density at radius 1 is 1.00 bits per heavy atom. The van der Waals surface area contributed by atoms with Crippen LogP contribution in [-0.4, -0.2) is 13.7 Å². The second kappa shape index (κ2) is 3.42. The van der Waals surface area contributed by atoms with E-state index in [1.54, 1.807) is 12.5 Å². The Balaban J connectivity index is 2.27. The predicted octanol–water partition coefficient (Wildman–Crippen LogP) is 1.22. The molecule has 2 aromatic rings. The summed E-state index contributed by atoms with van der Waals surface area (Å²) in [5, 5.41) is 0. The molecule has 2 aromatic heterocycles. The molecule has 0 aliphatic rings. The predicted molar refractivity (Wildman–Crippen MR) is 48.3 cm³/mol. The molecule has 0 saturated carbocycles. The van der Waals surface area contributed by atoms with Crippen molar-refractivity contribution in [1.29, 1.82) is 0 Å². The van der Waals surface area contributed by atoms with Gasteiger partial charge in [-0.2, -0.15) is 0 Å². The topological polar surface area (TPSA) is 26.3 Å². The van der Waals surface area contributed by atoms with Crippen LogP contribution in [0.5, 0.6) is 0 Å². The summed E-state index contributed by atoms with van der Waals surface area (Å²) in [6.07, 6.45) is 3.25. The second-order valence-corrected chi connectivity index (χ2v) is 6.97. The Hall–Kier alpha value is -0.592. The third-order valence-corrected chi connectivity index (χ3v) is 5.82. The van der Waals surface area contributed by atoms with Crippen LogP contribution < -0.4 is 9.10 Å². The summed E-state index contributed by atoms with van der Waals surface area (Å²) in [5.41, 5.74) is 0. The molecule has 0 radical (unpaired) electrons. The molecular weight excluding hydrogens is 238 g/mol. The SMILES string of the molecule is Cl[As](c1ccco1)c1ccco1. The molecule has 12 heavy (non-hydrogen) atoms. The fourth-order valence-electron chi connectivity index (χ4n) is 0.872. The summed E-state index contributed by atoms with van der Waals surface area (Å²) < 4.78 is 12.1. The first-order chi connectivity index (χ1) is 5.88. The molecule has 4 heteroatoms. The van der Waals surface area contributed by atoms with E-state index in [0.717, 1.165) is 9.10 Å². The van der Waals surface area contributed by atoms with Crippen LogP contribution in [0.25, 0.3) is 0 Å². The Bertz CT molecular complexity index is 294. The van der Waals surface area contributed by atoms with Crippen LogP contribution in [0.4, 0.5) is 0 Å². The van der Waals surface area contributed by atoms with Crippen LogP contribution in [0.3, 0.4) is 0 Å². The molecule has 2 rings (SSSR count). The molecule has 0 spiro atoms. The number of halogens is 1. The number of hydrogen-bond donors (Lipinski definition) is 0. The zero-order valence-electron chi connectivity index (χ0n) is 6.11. The fraction of sp³-hybridized carbons (Fsp3) is 0. The molecule has 0 aliphatic carbocycles. The van der Waals surface area contributed by atoms with Gasteiger partial charge >= 0.3 is 78.4 Å². The van der Waals surface area contributed by atoms with E-state index in [2.05, 4.69) is 0 Å². The molecule has 0 unspecified atom stereocenters. The van der Waals surface area contributed by atoms with Gasteiger partial charge in [0.05, 0.1) is 0 Å². The molecule has 0 saturated heterocycles. The van der Waals surface area contributed by atoms with Crippen LogP contribution in [0.2, 0.25) is 0 Å². The molecule has 0 bridgehead atoms. The summed E-state index contributed by atoms with van der Waals surface area (Å²) in [6, 6.07) is 7.44. The van der Waals surface area contributed by atoms with E-state index in [-0.39, 0.29) is 0 Å². The van der Waals surface area contributed by atoms with E-state index in [0.29, 0.717) is 0 Å². The Morgan fingerprint density at radius 2 is 1.50 bits per heavy atom. The maximum atomic E-state index is 6.17. The first kappa shape index (κ1) is 8.03.